The Balaban J connectivity index is 2.37. The second-order valence-electron chi connectivity index (χ2n) is 4.24. The van der Waals surface area contributed by atoms with Crippen LogP contribution in [-0.4, -0.2) is 29.9 Å². The van der Waals surface area contributed by atoms with E-state index in [1.165, 1.54) is 0 Å². The molecule has 0 fully saturated rings. The van der Waals surface area contributed by atoms with E-state index in [1.54, 1.807) is 30.3 Å². The lowest BCUT2D eigenvalue weighted by molar-refractivity contribution is 0.0582. The van der Waals surface area contributed by atoms with Crippen LogP contribution in [0.5, 0.6) is 0 Å². The van der Waals surface area contributed by atoms with Gasteiger partial charge < -0.3 is 4.74 Å². The molecular formula is C14H8BrNO4. The first kappa shape index (κ1) is 12.8. The molecule has 5 nitrogen and oxygen atoms in total. The topological polar surface area (TPSA) is 63.7 Å². The Bertz CT molecular complexity index is 762. The van der Waals surface area contributed by atoms with Gasteiger partial charge in [-0.25, -0.2) is 4.79 Å². The zero-order valence-electron chi connectivity index (χ0n) is 10.3. The van der Waals surface area contributed by atoms with Gasteiger partial charge in [-0.05, 0) is 23.6 Å². The van der Waals surface area contributed by atoms with Crippen LogP contribution in [0.15, 0.2) is 34.8 Å². The van der Waals surface area contributed by atoms with E-state index in [2.05, 4.69) is 20.7 Å². The van der Waals surface area contributed by atoms with Gasteiger partial charge in [0.05, 0.1) is 7.11 Å². The van der Waals surface area contributed by atoms with E-state index in [-0.39, 0.29) is 0 Å². The molecule has 3 amide bonds. The third-order valence-electron chi connectivity index (χ3n) is 3.21. The summed E-state index contributed by atoms with van der Waals surface area (Å²) in [6, 6.07) is 8.39. The number of imide groups is 3. The van der Waals surface area contributed by atoms with Gasteiger partial charge in [0, 0.05) is 21.0 Å². The second-order valence-corrected chi connectivity index (χ2v) is 5.09. The summed E-state index contributed by atoms with van der Waals surface area (Å²) < 4.78 is 5.28. The number of carbonyl (C=O) groups excluding carboxylic acids is 3. The lowest BCUT2D eigenvalue weighted by Crippen LogP contribution is -2.44. The summed E-state index contributed by atoms with van der Waals surface area (Å²) in [5.41, 5.74) is 0.618. The van der Waals surface area contributed by atoms with Crippen molar-refractivity contribution in [1.29, 1.82) is 0 Å². The summed E-state index contributed by atoms with van der Waals surface area (Å²) in [7, 11) is 1.13. The van der Waals surface area contributed by atoms with Gasteiger partial charge in [0.25, 0.3) is 11.8 Å². The van der Waals surface area contributed by atoms with Gasteiger partial charge in [-0.1, -0.05) is 28.1 Å². The molecule has 0 aliphatic carbocycles. The molecule has 2 aromatic rings. The van der Waals surface area contributed by atoms with Crippen LogP contribution < -0.4 is 0 Å². The molecule has 0 saturated heterocycles. The van der Waals surface area contributed by atoms with E-state index in [0.717, 1.165) is 17.0 Å². The van der Waals surface area contributed by atoms with Gasteiger partial charge in [-0.2, -0.15) is 4.90 Å². The van der Waals surface area contributed by atoms with Gasteiger partial charge >= 0.3 is 6.09 Å². The number of carbonyl (C=O) groups is 3. The van der Waals surface area contributed by atoms with Crippen molar-refractivity contribution >= 4 is 44.6 Å². The summed E-state index contributed by atoms with van der Waals surface area (Å²) in [6.07, 6.45) is -0.981. The number of amides is 3. The Morgan fingerprint density at radius 3 is 2.40 bits per heavy atom. The molecule has 0 bridgehead atoms. The maximum absolute atomic E-state index is 12.3. The summed E-state index contributed by atoms with van der Waals surface area (Å²) in [5, 5.41) is 1.31. The summed E-state index contributed by atoms with van der Waals surface area (Å²) in [5.74, 6) is -1.34. The standard InChI is InChI=1S/C14H8BrNO4/c1-20-14(19)16-12(17)8-4-2-3-7-10(15)6-5-9(11(7)8)13(16)18/h2-6H,1H3. The van der Waals surface area contributed by atoms with Crippen LogP contribution in [-0.2, 0) is 4.74 Å². The fourth-order valence-corrected chi connectivity index (χ4v) is 2.78. The summed E-state index contributed by atoms with van der Waals surface area (Å²) in [4.78, 5) is 36.8. The lowest BCUT2D eigenvalue weighted by atomic mass is 9.94. The number of hydrogen-bond donors (Lipinski definition) is 0. The number of benzene rings is 2. The van der Waals surface area contributed by atoms with Crippen LogP contribution in [0.3, 0.4) is 0 Å². The summed E-state index contributed by atoms with van der Waals surface area (Å²) >= 11 is 3.39. The van der Waals surface area contributed by atoms with Crippen LogP contribution >= 0.6 is 15.9 Å². The quantitative estimate of drug-likeness (QED) is 0.695. The van der Waals surface area contributed by atoms with E-state index >= 15 is 0 Å². The van der Waals surface area contributed by atoms with Crippen LogP contribution in [0, 0.1) is 0 Å². The fourth-order valence-electron chi connectivity index (χ4n) is 2.32. The van der Waals surface area contributed by atoms with Crippen LogP contribution in [0.2, 0.25) is 0 Å². The number of methoxy groups -OCH3 is 1. The first-order valence-corrected chi connectivity index (χ1v) is 6.53. The first-order chi connectivity index (χ1) is 9.56. The number of rotatable bonds is 0. The predicted molar refractivity (Wildman–Crippen MR) is 74.6 cm³/mol. The third kappa shape index (κ3) is 1.58. The minimum absolute atomic E-state index is 0.309. The maximum Gasteiger partial charge on any atom is 0.423 e. The number of halogens is 1. The highest BCUT2D eigenvalue weighted by Crippen LogP contribution is 2.34. The average molecular weight is 334 g/mol. The van der Waals surface area contributed by atoms with Crippen molar-refractivity contribution in [3.63, 3.8) is 0 Å². The molecule has 20 heavy (non-hydrogen) atoms. The van der Waals surface area contributed by atoms with E-state index in [4.69, 9.17) is 0 Å². The van der Waals surface area contributed by atoms with Crippen LogP contribution in [0.1, 0.15) is 20.7 Å². The largest absolute Gasteiger partial charge is 0.452 e. The molecule has 0 unspecified atom stereocenters. The van der Waals surface area contributed by atoms with Gasteiger partial charge in [-0.3, -0.25) is 9.59 Å². The van der Waals surface area contributed by atoms with Crippen molar-refractivity contribution in [3.05, 3.63) is 45.9 Å². The van der Waals surface area contributed by atoms with E-state index < -0.39 is 17.9 Å². The normalized spacial score (nSPS) is 13.8. The van der Waals surface area contributed by atoms with Gasteiger partial charge in [0.1, 0.15) is 0 Å². The van der Waals surface area contributed by atoms with Gasteiger partial charge in [0.15, 0.2) is 0 Å². The molecule has 100 valence electrons. The Morgan fingerprint density at radius 1 is 1.10 bits per heavy atom. The number of nitrogens with zero attached hydrogens (tertiary/aromatic N) is 1. The smallest absolute Gasteiger partial charge is 0.423 e. The van der Waals surface area contributed by atoms with Crippen molar-refractivity contribution in [2.45, 2.75) is 0 Å². The monoisotopic (exact) mass is 333 g/mol. The molecule has 0 N–H and O–H groups in total. The van der Waals surface area contributed by atoms with Gasteiger partial charge in [0.2, 0.25) is 0 Å². The van der Waals surface area contributed by atoms with Crippen molar-refractivity contribution in [1.82, 2.24) is 4.90 Å². The molecule has 0 saturated carbocycles. The SMILES string of the molecule is COC(=O)N1C(=O)c2cccc3c(Br)ccc(c23)C1=O. The minimum atomic E-state index is -0.981. The molecular weight excluding hydrogens is 326 g/mol. The molecule has 1 aliphatic heterocycles. The molecule has 1 aliphatic rings. The molecule has 3 rings (SSSR count). The first-order valence-electron chi connectivity index (χ1n) is 5.74. The molecule has 0 radical (unpaired) electrons. The van der Waals surface area contributed by atoms with E-state index in [0.29, 0.717) is 21.4 Å². The molecule has 0 spiro atoms. The third-order valence-corrected chi connectivity index (χ3v) is 3.90. The molecule has 0 aromatic heterocycles. The van der Waals surface area contributed by atoms with Gasteiger partial charge in [-0.15, -0.1) is 0 Å². The molecule has 0 atom stereocenters. The minimum Gasteiger partial charge on any atom is -0.452 e. The zero-order chi connectivity index (χ0) is 14.4. The number of ether oxygens (including phenoxy) is 1. The van der Waals surface area contributed by atoms with E-state index in [9.17, 15) is 14.4 Å². The fraction of sp³-hybridized carbons (Fsp3) is 0.0714. The van der Waals surface area contributed by atoms with Crippen LogP contribution in [0.4, 0.5) is 4.79 Å². The Labute approximate surface area is 122 Å². The Hall–Kier alpha value is -2.21. The van der Waals surface area contributed by atoms with Crippen LogP contribution in [0.25, 0.3) is 10.8 Å². The highest BCUT2D eigenvalue weighted by atomic mass is 79.9. The van der Waals surface area contributed by atoms with Crippen molar-refractivity contribution in [2.75, 3.05) is 7.11 Å². The number of hydrogen-bond acceptors (Lipinski definition) is 4. The Kier molecular flexibility index (Phi) is 2.83. The van der Waals surface area contributed by atoms with Crippen molar-refractivity contribution in [3.8, 4) is 0 Å². The predicted octanol–water partition coefficient (Wildman–Crippen LogP) is 2.96. The highest BCUT2D eigenvalue weighted by Gasteiger charge is 2.38. The van der Waals surface area contributed by atoms with E-state index in [1.807, 2.05) is 0 Å². The average Bonchev–Trinajstić information content (AvgIpc) is 2.46. The molecule has 2 aromatic carbocycles. The molecule has 1 heterocycles. The maximum atomic E-state index is 12.3. The Morgan fingerprint density at radius 2 is 1.75 bits per heavy atom. The summed E-state index contributed by atoms with van der Waals surface area (Å²) in [6.45, 7) is 0. The second kappa shape index (κ2) is 4.42. The lowest BCUT2D eigenvalue weighted by Gasteiger charge is -2.24. The van der Waals surface area contributed by atoms with Crippen molar-refractivity contribution in [2.24, 2.45) is 0 Å². The van der Waals surface area contributed by atoms with Crippen molar-refractivity contribution < 1.29 is 19.1 Å². The highest BCUT2D eigenvalue weighted by molar-refractivity contribution is 9.10. The molecule has 6 heteroatoms. The zero-order valence-corrected chi connectivity index (χ0v) is 11.9.